The van der Waals surface area contributed by atoms with E-state index in [1.807, 2.05) is 0 Å². The molecule has 0 fully saturated rings. The fraction of sp³-hybridized carbons (Fsp3) is 0.316. The number of nitrogens with zero attached hydrogens (tertiary/aromatic N) is 2. The summed E-state index contributed by atoms with van der Waals surface area (Å²) in [5.74, 6) is 2.33. The molecule has 0 radical (unpaired) electrons. The summed E-state index contributed by atoms with van der Waals surface area (Å²) >= 11 is 0. The summed E-state index contributed by atoms with van der Waals surface area (Å²) in [7, 11) is 4.54. The molecule has 1 aromatic carbocycles. The number of esters is 1. The number of aryl methyl sites for hydroxylation is 2. The number of furan rings is 1. The van der Waals surface area contributed by atoms with Crippen LogP contribution in [0.3, 0.4) is 0 Å². The van der Waals surface area contributed by atoms with Crippen LogP contribution < -0.4 is 14.2 Å². The van der Waals surface area contributed by atoms with Gasteiger partial charge < -0.3 is 27.8 Å². The van der Waals surface area contributed by atoms with Gasteiger partial charge in [-0.2, -0.15) is 0 Å². The molecule has 9 nitrogen and oxygen atoms in total. The van der Waals surface area contributed by atoms with Crippen LogP contribution >= 0.6 is 0 Å². The Bertz CT molecular complexity index is 965. The molecule has 9 heteroatoms. The van der Waals surface area contributed by atoms with Crippen molar-refractivity contribution in [2.24, 2.45) is 0 Å². The third-order valence-electron chi connectivity index (χ3n) is 3.97. The average molecular weight is 388 g/mol. The van der Waals surface area contributed by atoms with E-state index in [1.54, 1.807) is 32.0 Å². The Kier molecular flexibility index (Phi) is 5.53. The molecule has 0 aliphatic rings. The number of hydrogen-bond donors (Lipinski definition) is 0. The largest absolute Gasteiger partial charge is 0.493 e. The molecule has 3 aromatic rings. The number of carbonyl (C=O) groups excluding carboxylic acids is 1. The highest BCUT2D eigenvalue weighted by atomic mass is 16.5. The molecule has 0 aliphatic carbocycles. The number of rotatable bonds is 7. The Morgan fingerprint density at radius 3 is 2.18 bits per heavy atom. The van der Waals surface area contributed by atoms with Crippen molar-refractivity contribution in [1.82, 2.24) is 10.2 Å². The lowest BCUT2D eigenvalue weighted by molar-refractivity contribution is 0.0436. The summed E-state index contributed by atoms with van der Waals surface area (Å²) in [4.78, 5) is 12.1. The van der Waals surface area contributed by atoms with E-state index in [2.05, 4.69) is 10.2 Å². The van der Waals surface area contributed by atoms with Gasteiger partial charge in [0.15, 0.2) is 18.1 Å². The van der Waals surface area contributed by atoms with Crippen molar-refractivity contribution in [2.75, 3.05) is 21.3 Å². The molecule has 0 amide bonds. The Balaban J connectivity index is 1.77. The molecule has 0 bridgehead atoms. The number of carbonyl (C=O) groups is 1. The summed E-state index contributed by atoms with van der Waals surface area (Å²) in [6.45, 7) is 3.28. The number of aromatic nitrogens is 2. The van der Waals surface area contributed by atoms with Crippen molar-refractivity contribution < 1.29 is 32.6 Å². The SMILES string of the molecule is COc1cc(-c2nnc(COC(=O)c3cc(C)oc3C)o2)cc(OC)c1OC. The van der Waals surface area contributed by atoms with E-state index < -0.39 is 5.97 Å². The van der Waals surface area contributed by atoms with Gasteiger partial charge in [0, 0.05) is 5.56 Å². The van der Waals surface area contributed by atoms with Gasteiger partial charge in [0.25, 0.3) is 5.89 Å². The molecule has 2 heterocycles. The standard InChI is InChI=1S/C19H20N2O7/c1-10-6-13(11(2)27-10)19(22)26-9-16-20-21-18(28-16)12-7-14(23-3)17(25-5)15(8-12)24-4/h6-8H,9H2,1-5H3. The van der Waals surface area contributed by atoms with Crippen molar-refractivity contribution in [2.45, 2.75) is 20.5 Å². The van der Waals surface area contributed by atoms with Crippen molar-refractivity contribution in [3.8, 4) is 28.7 Å². The molecule has 0 saturated carbocycles. The zero-order valence-corrected chi connectivity index (χ0v) is 16.2. The van der Waals surface area contributed by atoms with Gasteiger partial charge in [-0.3, -0.25) is 0 Å². The highest BCUT2D eigenvalue weighted by Crippen LogP contribution is 2.40. The lowest BCUT2D eigenvalue weighted by Crippen LogP contribution is -2.05. The van der Waals surface area contributed by atoms with E-state index in [-0.39, 0.29) is 18.4 Å². The van der Waals surface area contributed by atoms with Gasteiger partial charge in [-0.15, -0.1) is 10.2 Å². The zero-order chi connectivity index (χ0) is 20.3. The summed E-state index contributed by atoms with van der Waals surface area (Å²) in [5, 5.41) is 7.90. The first kappa shape index (κ1) is 19.3. The summed E-state index contributed by atoms with van der Waals surface area (Å²) in [5.41, 5.74) is 0.933. The minimum absolute atomic E-state index is 0.148. The van der Waals surface area contributed by atoms with Gasteiger partial charge >= 0.3 is 5.97 Å². The Hall–Kier alpha value is -3.49. The van der Waals surface area contributed by atoms with Crippen LogP contribution in [0.2, 0.25) is 0 Å². The summed E-state index contributed by atoms with van der Waals surface area (Å²) < 4.78 is 32.1. The summed E-state index contributed by atoms with van der Waals surface area (Å²) in [6, 6.07) is 4.98. The van der Waals surface area contributed by atoms with E-state index in [0.29, 0.717) is 39.9 Å². The Morgan fingerprint density at radius 1 is 0.964 bits per heavy atom. The van der Waals surface area contributed by atoms with E-state index in [9.17, 15) is 4.79 Å². The minimum Gasteiger partial charge on any atom is -0.493 e. The molecule has 2 aromatic heterocycles. The zero-order valence-electron chi connectivity index (χ0n) is 16.2. The van der Waals surface area contributed by atoms with E-state index >= 15 is 0 Å². The fourth-order valence-electron chi connectivity index (χ4n) is 2.67. The van der Waals surface area contributed by atoms with Crippen LogP contribution in [0.4, 0.5) is 0 Å². The normalized spacial score (nSPS) is 10.6. The second kappa shape index (κ2) is 8.03. The first-order valence-corrected chi connectivity index (χ1v) is 8.33. The maximum atomic E-state index is 12.1. The molecule has 148 valence electrons. The fourth-order valence-corrected chi connectivity index (χ4v) is 2.67. The van der Waals surface area contributed by atoms with Crippen LogP contribution in [0.5, 0.6) is 17.2 Å². The third-order valence-corrected chi connectivity index (χ3v) is 3.97. The van der Waals surface area contributed by atoms with Gasteiger partial charge in [-0.1, -0.05) is 0 Å². The quantitative estimate of drug-likeness (QED) is 0.563. The molecular weight excluding hydrogens is 368 g/mol. The Labute approximate surface area is 161 Å². The molecule has 0 atom stereocenters. The van der Waals surface area contributed by atoms with Crippen molar-refractivity contribution in [1.29, 1.82) is 0 Å². The number of hydrogen-bond acceptors (Lipinski definition) is 9. The molecular formula is C19H20N2O7. The lowest BCUT2D eigenvalue weighted by atomic mass is 10.2. The predicted octanol–water partition coefficient (Wildman–Crippen LogP) is 3.33. The maximum Gasteiger partial charge on any atom is 0.342 e. The first-order chi connectivity index (χ1) is 13.5. The molecule has 0 N–H and O–H groups in total. The van der Waals surface area contributed by atoms with Gasteiger partial charge in [0.05, 0.1) is 21.3 Å². The maximum absolute atomic E-state index is 12.1. The van der Waals surface area contributed by atoms with Crippen LogP contribution in [-0.4, -0.2) is 37.5 Å². The highest BCUT2D eigenvalue weighted by Gasteiger charge is 2.19. The number of ether oxygens (including phenoxy) is 4. The van der Waals surface area contributed by atoms with Crippen LogP contribution in [0, 0.1) is 13.8 Å². The second-order valence-corrected chi connectivity index (χ2v) is 5.82. The van der Waals surface area contributed by atoms with E-state index in [4.69, 9.17) is 27.8 Å². The average Bonchev–Trinajstić information content (AvgIpc) is 3.30. The van der Waals surface area contributed by atoms with E-state index in [1.165, 1.54) is 21.3 Å². The predicted molar refractivity (Wildman–Crippen MR) is 96.7 cm³/mol. The van der Waals surface area contributed by atoms with Crippen LogP contribution in [0.25, 0.3) is 11.5 Å². The number of methoxy groups -OCH3 is 3. The van der Waals surface area contributed by atoms with Crippen molar-refractivity contribution >= 4 is 5.97 Å². The van der Waals surface area contributed by atoms with Crippen molar-refractivity contribution in [3.05, 3.63) is 41.2 Å². The Morgan fingerprint density at radius 2 is 1.64 bits per heavy atom. The van der Waals surface area contributed by atoms with E-state index in [0.717, 1.165) is 0 Å². The highest BCUT2D eigenvalue weighted by molar-refractivity contribution is 5.90. The van der Waals surface area contributed by atoms with Crippen LogP contribution in [0.1, 0.15) is 27.8 Å². The molecule has 0 unspecified atom stereocenters. The second-order valence-electron chi connectivity index (χ2n) is 5.82. The topological polar surface area (TPSA) is 106 Å². The molecule has 0 aliphatic heterocycles. The van der Waals surface area contributed by atoms with Gasteiger partial charge in [-0.05, 0) is 32.0 Å². The minimum atomic E-state index is -0.526. The lowest BCUT2D eigenvalue weighted by Gasteiger charge is -2.12. The van der Waals surface area contributed by atoms with Crippen molar-refractivity contribution in [3.63, 3.8) is 0 Å². The van der Waals surface area contributed by atoms with Crippen LogP contribution in [0.15, 0.2) is 27.0 Å². The molecule has 28 heavy (non-hydrogen) atoms. The molecule has 0 saturated heterocycles. The monoisotopic (exact) mass is 388 g/mol. The van der Waals surface area contributed by atoms with Gasteiger partial charge in [0.1, 0.15) is 17.1 Å². The molecule has 3 rings (SSSR count). The molecule has 0 spiro atoms. The van der Waals surface area contributed by atoms with Gasteiger partial charge in [-0.25, -0.2) is 4.79 Å². The van der Waals surface area contributed by atoms with Crippen LogP contribution in [-0.2, 0) is 11.3 Å². The number of benzene rings is 1. The third kappa shape index (κ3) is 3.78. The smallest absolute Gasteiger partial charge is 0.342 e. The summed E-state index contributed by atoms with van der Waals surface area (Å²) in [6.07, 6.45) is 0. The van der Waals surface area contributed by atoms with Gasteiger partial charge in [0.2, 0.25) is 11.6 Å². The first-order valence-electron chi connectivity index (χ1n) is 8.33.